The smallest absolute Gasteiger partial charge is 0.00323 e. The van der Waals surface area contributed by atoms with Crippen LogP contribution in [0.15, 0.2) is 59.7 Å². The molecule has 4 rings (SSSR count). The number of fused-ring (bicyclic) bond motifs is 2. The summed E-state index contributed by atoms with van der Waals surface area (Å²) in [6, 6.07) is 17.6. The van der Waals surface area contributed by atoms with Gasteiger partial charge in [-0.25, -0.2) is 0 Å². The highest BCUT2D eigenvalue weighted by Gasteiger charge is 2.26. The second-order valence-corrected chi connectivity index (χ2v) is 6.32. The van der Waals surface area contributed by atoms with Gasteiger partial charge >= 0.3 is 0 Å². The lowest BCUT2D eigenvalue weighted by Gasteiger charge is -2.15. The highest BCUT2D eigenvalue weighted by atomic mass is 14.3. The van der Waals surface area contributed by atoms with Gasteiger partial charge in [-0.1, -0.05) is 85.7 Å². The zero-order valence-corrected chi connectivity index (χ0v) is 12.6. The molecule has 0 nitrogen and oxygen atoms in total. The molecule has 0 fully saturated rings. The van der Waals surface area contributed by atoms with E-state index in [1.807, 2.05) is 0 Å². The van der Waals surface area contributed by atoms with Crippen LogP contribution in [0, 0.1) is 0 Å². The third kappa shape index (κ3) is 1.98. The Hall–Kier alpha value is -2.08. The van der Waals surface area contributed by atoms with Crippen molar-refractivity contribution in [2.45, 2.75) is 32.1 Å². The topological polar surface area (TPSA) is 0 Å². The third-order valence-corrected chi connectivity index (χ3v) is 5.13. The van der Waals surface area contributed by atoms with Crippen LogP contribution in [-0.4, -0.2) is 0 Å². The highest BCUT2D eigenvalue weighted by Crippen LogP contribution is 2.44. The SMILES string of the molecule is CC1C(CC2=Cc3ccccc3C2C)=Cc2ccccc21. The molecule has 0 amide bonds. The van der Waals surface area contributed by atoms with E-state index in [4.69, 9.17) is 0 Å². The van der Waals surface area contributed by atoms with Gasteiger partial charge in [0.05, 0.1) is 0 Å². The van der Waals surface area contributed by atoms with Crippen LogP contribution in [0.1, 0.15) is 54.4 Å². The molecule has 21 heavy (non-hydrogen) atoms. The quantitative estimate of drug-likeness (QED) is 0.650. The molecular formula is C21H20. The van der Waals surface area contributed by atoms with Crippen LogP contribution >= 0.6 is 0 Å². The molecule has 2 aliphatic rings. The van der Waals surface area contributed by atoms with Crippen LogP contribution in [0.5, 0.6) is 0 Å². The van der Waals surface area contributed by atoms with E-state index in [0.29, 0.717) is 11.8 Å². The summed E-state index contributed by atoms with van der Waals surface area (Å²) in [6.07, 6.45) is 5.90. The lowest BCUT2D eigenvalue weighted by molar-refractivity contribution is 0.818. The predicted octanol–water partition coefficient (Wildman–Crippen LogP) is 5.78. The fourth-order valence-corrected chi connectivity index (χ4v) is 3.77. The van der Waals surface area contributed by atoms with Crippen molar-refractivity contribution in [3.8, 4) is 0 Å². The molecule has 2 aliphatic carbocycles. The van der Waals surface area contributed by atoms with Crippen LogP contribution in [-0.2, 0) is 0 Å². The number of hydrogen-bond donors (Lipinski definition) is 0. The lowest BCUT2D eigenvalue weighted by Crippen LogP contribution is -1.98. The Labute approximate surface area is 126 Å². The van der Waals surface area contributed by atoms with Crippen molar-refractivity contribution in [3.05, 3.63) is 81.9 Å². The van der Waals surface area contributed by atoms with Crippen molar-refractivity contribution in [2.24, 2.45) is 0 Å². The van der Waals surface area contributed by atoms with E-state index in [1.165, 1.54) is 22.3 Å². The van der Waals surface area contributed by atoms with Crippen LogP contribution in [0.4, 0.5) is 0 Å². The molecule has 0 heterocycles. The first-order valence-corrected chi connectivity index (χ1v) is 7.83. The van der Waals surface area contributed by atoms with Gasteiger partial charge in [0.25, 0.3) is 0 Å². The number of rotatable bonds is 2. The van der Waals surface area contributed by atoms with Crippen molar-refractivity contribution in [1.82, 2.24) is 0 Å². The van der Waals surface area contributed by atoms with Crippen molar-refractivity contribution in [3.63, 3.8) is 0 Å². The summed E-state index contributed by atoms with van der Waals surface area (Å²) in [7, 11) is 0. The molecule has 0 radical (unpaired) electrons. The van der Waals surface area contributed by atoms with E-state index < -0.39 is 0 Å². The predicted molar refractivity (Wildman–Crippen MR) is 90.3 cm³/mol. The minimum Gasteiger partial charge on any atom is -0.0619 e. The Morgan fingerprint density at radius 1 is 0.667 bits per heavy atom. The fourth-order valence-electron chi connectivity index (χ4n) is 3.77. The summed E-state index contributed by atoms with van der Waals surface area (Å²) < 4.78 is 0. The molecule has 2 aromatic carbocycles. The van der Waals surface area contributed by atoms with Crippen molar-refractivity contribution in [1.29, 1.82) is 0 Å². The Balaban J connectivity index is 1.62. The van der Waals surface area contributed by atoms with Crippen molar-refractivity contribution >= 4 is 12.2 Å². The molecule has 2 unspecified atom stereocenters. The van der Waals surface area contributed by atoms with E-state index in [0.717, 1.165) is 6.42 Å². The van der Waals surface area contributed by atoms with Gasteiger partial charge in [0.1, 0.15) is 0 Å². The Morgan fingerprint density at radius 3 is 1.52 bits per heavy atom. The average molecular weight is 272 g/mol. The molecule has 0 bridgehead atoms. The molecule has 0 spiro atoms. The van der Waals surface area contributed by atoms with Gasteiger partial charge in [0.2, 0.25) is 0 Å². The normalized spacial score (nSPS) is 22.6. The van der Waals surface area contributed by atoms with Gasteiger partial charge in [0, 0.05) is 11.8 Å². The summed E-state index contributed by atoms with van der Waals surface area (Å²) in [6.45, 7) is 4.68. The van der Waals surface area contributed by atoms with Gasteiger partial charge in [-0.3, -0.25) is 0 Å². The molecule has 104 valence electrons. The Kier molecular flexibility index (Phi) is 2.85. The molecule has 0 aromatic heterocycles. The van der Waals surface area contributed by atoms with E-state index in [2.05, 4.69) is 74.5 Å². The highest BCUT2D eigenvalue weighted by molar-refractivity contribution is 5.71. The monoisotopic (exact) mass is 272 g/mol. The first-order valence-electron chi connectivity index (χ1n) is 7.83. The van der Waals surface area contributed by atoms with E-state index in [-0.39, 0.29) is 0 Å². The van der Waals surface area contributed by atoms with Gasteiger partial charge in [-0.2, -0.15) is 0 Å². The maximum absolute atomic E-state index is 2.40. The van der Waals surface area contributed by atoms with Crippen LogP contribution in [0.3, 0.4) is 0 Å². The summed E-state index contributed by atoms with van der Waals surface area (Å²) in [5.74, 6) is 1.11. The first kappa shape index (κ1) is 12.6. The minimum atomic E-state index is 0.554. The van der Waals surface area contributed by atoms with Crippen LogP contribution in [0.25, 0.3) is 12.2 Å². The summed E-state index contributed by atoms with van der Waals surface area (Å²) in [5, 5.41) is 0. The summed E-state index contributed by atoms with van der Waals surface area (Å²) in [4.78, 5) is 0. The van der Waals surface area contributed by atoms with Gasteiger partial charge < -0.3 is 0 Å². The van der Waals surface area contributed by atoms with E-state index in [9.17, 15) is 0 Å². The van der Waals surface area contributed by atoms with E-state index in [1.54, 1.807) is 11.1 Å². The maximum atomic E-state index is 2.40. The van der Waals surface area contributed by atoms with Gasteiger partial charge in [0.15, 0.2) is 0 Å². The first-order chi connectivity index (χ1) is 10.2. The molecule has 0 saturated heterocycles. The Morgan fingerprint density at radius 2 is 1.10 bits per heavy atom. The Bertz CT molecular complexity index is 696. The second kappa shape index (κ2) is 4.73. The van der Waals surface area contributed by atoms with Gasteiger partial charge in [-0.05, 0) is 28.7 Å². The number of hydrogen-bond acceptors (Lipinski definition) is 0. The summed E-state index contributed by atoms with van der Waals surface area (Å²) >= 11 is 0. The van der Waals surface area contributed by atoms with E-state index >= 15 is 0 Å². The number of allylic oxidation sites excluding steroid dienone is 2. The zero-order chi connectivity index (χ0) is 14.4. The van der Waals surface area contributed by atoms with Crippen LogP contribution < -0.4 is 0 Å². The molecule has 0 heteroatoms. The third-order valence-electron chi connectivity index (χ3n) is 5.13. The van der Waals surface area contributed by atoms with Gasteiger partial charge in [-0.15, -0.1) is 0 Å². The second-order valence-electron chi connectivity index (χ2n) is 6.32. The van der Waals surface area contributed by atoms with Crippen LogP contribution in [0.2, 0.25) is 0 Å². The fraction of sp³-hybridized carbons (Fsp3) is 0.238. The zero-order valence-electron chi connectivity index (χ0n) is 12.6. The van der Waals surface area contributed by atoms with Crippen molar-refractivity contribution in [2.75, 3.05) is 0 Å². The largest absolute Gasteiger partial charge is 0.0619 e. The molecular weight excluding hydrogens is 252 g/mol. The maximum Gasteiger partial charge on any atom is 0.00323 e. The molecule has 2 aromatic rings. The molecule has 0 aliphatic heterocycles. The average Bonchev–Trinajstić information content (AvgIpc) is 2.99. The lowest BCUT2D eigenvalue weighted by atomic mass is 9.89. The number of benzene rings is 2. The minimum absolute atomic E-state index is 0.554. The van der Waals surface area contributed by atoms with Crippen molar-refractivity contribution < 1.29 is 0 Å². The molecule has 0 saturated carbocycles. The molecule has 0 N–H and O–H groups in total. The molecule has 2 atom stereocenters. The standard InChI is InChI=1S/C21H20/c1-14-18(11-16-7-3-5-9-20(14)16)13-19-12-17-8-4-6-10-21(17)15(19)2/h3-12,14-15H,13H2,1-2H3. The summed E-state index contributed by atoms with van der Waals surface area (Å²) in [5.41, 5.74) is 8.89.